The smallest absolute Gasteiger partial charge is 0.181 e. The summed E-state index contributed by atoms with van der Waals surface area (Å²) < 4.78 is 0. The Labute approximate surface area is 88.9 Å². The first-order valence-electron chi connectivity index (χ1n) is 4.72. The number of aliphatic imine (C=N–C) groups is 2. The van der Waals surface area contributed by atoms with Crippen LogP contribution >= 0.6 is 0 Å². The van der Waals surface area contributed by atoms with E-state index in [-0.39, 0.29) is 0 Å². The lowest BCUT2D eigenvalue weighted by molar-refractivity contribution is 1.18. The van der Waals surface area contributed by atoms with Gasteiger partial charge >= 0.3 is 0 Å². The van der Waals surface area contributed by atoms with Crippen LogP contribution in [0.5, 0.6) is 0 Å². The molecule has 0 unspecified atom stereocenters. The maximum atomic E-state index is 4.31. The first-order chi connectivity index (χ1) is 7.92. The van der Waals surface area contributed by atoms with E-state index >= 15 is 0 Å². The minimum absolute atomic E-state index is 0.610. The molecule has 0 bridgehead atoms. The Morgan fingerprint density at radius 3 is 2.94 bits per heavy atom. The predicted octanol–water partition coefficient (Wildman–Crippen LogP) is 0.216. The molecule has 2 aromatic rings. The third-order valence-corrected chi connectivity index (χ3v) is 2.53. The lowest BCUT2D eigenvalue weighted by Crippen LogP contribution is -2.08. The van der Waals surface area contributed by atoms with Gasteiger partial charge in [-0.1, -0.05) is 0 Å². The molecular weight excluding hydrogens is 204 g/mol. The van der Waals surface area contributed by atoms with Crippen molar-refractivity contribution >= 4 is 35.1 Å². The number of aromatic nitrogens is 2. The molecule has 0 amide bonds. The lowest BCUT2D eigenvalue weighted by Gasteiger charge is -1.98. The molecule has 2 aromatic heterocycles. The van der Waals surface area contributed by atoms with Gasteiger partial charge in [-0.15, -0.1) is 0 Å². The summed E-state index contributed by atoms with van der Waals surface area (Å²) in [4.78, 5) is 25.0. The van der Waals surface area contributed by atoms with Gasteiger partial charge < -0.3 is 0 Å². The van der Waals surface area contributed by atoms with Gasteiger partial charge in [0.15, 0.2) is 11.1 Å². The molecule has 0 saturated carbocycles. The molecule has 6 nitrogen and oxygen atoms in total. The molecule has 0 spiro atoms. The first-order valence-corrected chi connectivity index (χ1v) is 4.72. The normalized spacial score (nSPS) is 14.8. The predicted molar refractivity (Wildman–Crippen MR) is 58.2 cm³/mol. The maximum Gasteiger partial charge on any atom is 0.181 e. The van der Waals surface area contributed by atoms with Crippen molar-refractivity contribution in [2.75, 3.05) is 0 Å². The van der Waals surface area contributed by atoms with Crippen LogP contribution in [0.2, 0.25) is 0 Å². The van der Waals surface area contributed by atoms with Crippen molar-refractivity contribution in [1.29, 1.82) is 0 Å². The minimum Gasteiger partial charge on any atom is -0.234 e. The van der Waals surface area contributed by atoms with Crippen molar-refractivity contribution in [3.8, 4) is 0 Å². The number of hydrogen-bond donors (Lipinski definition) is 0. The van der Waals surface area contributed by atoms with Gasteiger partial charge in [-0.3, -0.25) is 0 Å². The fourth-order valence-corrected chi connectivity index (χ4v) is 1.79. The third-order valence-electron chi connectivity index (χ3n) is 2.53. The van der Waals surface area contributed by atoms with Gasteiger partial charge in [-0.2, -0.15) is 0 Å². The highest BCUT2D eigenvalue weighted by atomic mass is 15.0. The van der Waals surface area contributed by atoms with E-state index < -0.39 is 0 Å². The van der Waals surface area contributed by atoms with Crippen molar-refractivity contribution < 1.29 is 0 Å². The summed E-state index contributed by atoms with van der Waals surface area (Å²) in [6.45, 7) is 0. The van der Waals surface area contributed by atoms with E-state index in [4.69, 9.17) is 0 Å². The van der Waals surface area contributed by atoms with E-state index in [9.17, 15) is 0 Å². The summed E-state index contributed by atoms with van der Waals surface area (Å²) >= 11 is 0. The van der Waals surface area contributed by atoms with Crippen molar-refractivity contribution in [1.82, 2.24) is 9.97 Å². The highest BCUT2D eigenvalue weighted by Gasteiger charge is 2.11. The van der Waals surface area contributed by atoms with Gasteiger partial charge in [0.25, 0.3) is 0 Å². The second-order valence-corrected chi connectivity index (χ2v) is 3.44. The molecule has 2 aliphatic rings. The van der Waals surface area contributed by atoms with E-state index in [0.29, 0.717) is 11.1 Å². The summed E-state index contributed by atoms with van der Waals surface area (Å²) in [5.74, 6) is 0. The Bertz CT molecular complexity index is 800. The summed E-state index contributed by atoms with van der Waals surface area (Å²) in [7, 11) is 0. The zero-order valence-corrected chi connectivity index (χ0v) is 7.99. The van der Waals surface area contributed by atoms with Crippen molar-refractivity contribution in [2.45, 2.75) is 0 Å². The average Bonchev–Trinajstić information content (AvgIpc) is 2.94. The van der Waals surface area contributed by atoms with E-state index in [1.165, 1.54) is 12.7 Å². The van der Waals surface area contributed by atoms with Gasteiger partial charge in [0.1, 0.15) is 29.4 Å². The number of fused-ring (bicyclic) bond motifs is 4. The van der Waals surface area contributed by atoms with Gasteiger partial charge in [0.2, 0.25) is 0 Å². The molecular formula is C10H4N6. The summed E-state index contributed by atoms with van der Waals surface area (Å²) in [5.41, 5.74) is 2.80. The molecule has 6 heteroatoms. The van der Waals surface area contributed by atoms with Crippen LogP contribution in [0, 0.1) is 0 Å². The van der Waals surface area contributed by atoms with Crippen molar-refractivity contribution in [3.05, 3.63) is 23.1 Å². The standard InChI is InChI=1S/C10H4N6/c1-5-8-7(13-3-14-8)2-11-9(5)16-10-6(1)12-4-15-10/h1-4H. The fraction of sp³-hybridized carbons (Fsp3) is 0. The van der Waals surface area contributed by atoms with Crippen molar-refractivity contribution in [3.63, 3.8) is 0 Å². The molecule has 0 saturated heterocycles. The minimum atomic E-state index is 0.610. The topological polar surface area (TPSA) is 75.2 Å². The van der Waals surface area contributed by atoms with Gasteiger partial charge in [-0.05, 0) is 6.07 Å². The van der Waals surface area contributed by atoms with E-state index in [1.807, 2.05) is 6.07 Å². The summed E-state index contributed by atoms with van der Waals surface area (Å²) in [5, 5.41) is 1.64. The Kier molecular flexibility index (Phi) is 1.23. The molecule has 0 N–H and O–H groups in total. The zero-order valence-electron chi connectivity index (χ0n) is 7.99. The van der Waals surface area contributed by atoms with Crippen LogP contribution in [0.4, 0.5) is 11.4 Å². The first kappa shape index (κ1) is 7.75. The van der Waals surface area contributed by atoms with Crippen LogP contribution in [-0.4, -0.2) is 22.6 Å². The van der Waals surface area contributed by atoms with Gasteiger partial charge in [0, 0.05) is 5.39 Å². The molecule has 0 radical (unpaired) electrons. The Balaban J connectivity index is 2.26. The van der Waals surface area contributed by atoms with E-state index in [1.54, 1.807) is 6.20 Å². The summed E-state index contributed by atoms with van der Waals surface area (Å²) in [6.07, 6.45) is 4.68. The number of hydrogen-bond acceptors (Lipinski definition) is 6. The molecule has 0 aromatic carbocycles. The Morgan fingerprint density at radius 1 is 1.00 bits per heavy atom. The molecule has 74 valence electrons. The van der Waals surface area contributed by atoms with Gasteiger partial charge in [0.05, 0.1) is 6.20 Å². The Morgan fingerprint density at radius 2 is 1.94 bits per heavy atom. The number of nitrogens with zero attached hydrogens (tertiary/aromatic N) is 6. The highest BCUT2D eigenvalue weighted by molar-refractivity contribution is 5.92. The van der Waals surface area contributed by atoms with Crippen LogP contribution in [0.25, 0.3) is 11.0 Å². The monoisotopic (exact) mass is 208 g/mol. The zero-order chi connectivity index (χ0) is 10.5. The second kappa shape index (κ2) is 2.54. The van der Waals surface area contributed by atoms with Crippen LogP contribution in [0.15, 0.2) is 32.2 Å². The fourth-order valence-electron chi connectivity index (χ4n) is 1.79. The van der Waals surface area contributed by atoms with Crippen molar-refractivity contribution in [2.24, 2.45) is 20.0 Å². The molecule has 0 fully saturated rings. The Hall–Kier alpha value is -2.50. The van der Waals surface area contributed by atoms with Crippen LogP contribution in [-0.2, 0) is 0 Å². The molecule has 4 rings (SSSR count). The van der Waals surface area contributed by atoms with Crippen LogP contribution < -0.4 is 10.8 Å². The SMILES string of the molecule is C1=Nc2cc3c4c(cnc3nc2=N1)=NC=N4. The van der Waals surface area contributed by atoms with E-state index in [0.717, 1.165) is 22.1 Å². The summed E-state index contributed by atoms with van der Waals surface area (Å²) in [6, 6.07) is 1.90. The second-order valence-electron chi connectivity index (χ2n) is 3.44. The third kappa shape index (κ3) is 0.855. The molecule has 16 heavy (non-hydrogen) atoms. The van der Waals surface area contributed by atoms with E-state index in [2.05, 4.69) is 29.9 Å². The number of pyridine rings is 2. The van der Waals surface area contributed by atoms with Crippen LogP contribution in [0.3, 0.4) is 0 Å². The lowest BCUT2D eigenvalue weighted by atomic mass is 10.2. The van der Waals surface area contributed by atoms with Crippen LogP contribution in [0.1, 0.15) is 0 Å². The average molecular weight is 208 g/mol. The highest BCUT2D eigenvalue weighted by Crippen LogP contribution is 2.23. The molecule has 4 heterocycles. The quantitative estimate of drug-likeness (QED) is 0.620. The largest absolute Gasteiger partial charge is 0.234 e. The number of rotatable bonds is 0. The van der Waals surface area contributed by atoms with Gasteiger partial charge in [-0.25, -0.2) is 29.9 Å². The molecule has 0 aliphatic carbocycles. The molecule has 0 atom stereocenters. The molecule has 2 aliphatic heterocycles. The maximum absolute atomic E-state index is 4.31.